The third kappa shape index (κ3) is 3.57. The zero-order valence-corrected chi connectivity index (χ0v) is 12.6. The summed E-state index contributed by atoms with van der Waals surface area (Å²) in [5.74, 6) is 0.290. The average molecular weight is 268 g/mol. The van der Waals surface area contributed by atoms with Crippen LogP contribution >= 0.6 is 0 Å². The number of aromatic hydroxyl groups is 1. The van der Waals surface area contributed by atoms with Crippen LogP contribution in [0.4, 0.5) is 0 Å². The van der Waals surface area contributed by atoms with E-state index in [0.717, 1.165) is 24.1 Å². The molecular weight excluding hydrogens is 244 g/mol. The number of phenolic OH excluding ortho intramolecular Hbond substituents is 1. The Hall–Kier alpha value is -0.843. The molecule has 0 spiro atoms. The third-order valence-corrected chi connectivity index (χ3v) is 6.37. The number of para-hydroxylation sites is 1. The molecule has 1 N–H and O–H groups in total. The van der Waals surface area contributed by atoms with Crippen LogP contribution in [0, 0.1) is 0 Å². The zero-order chi connectivity index (χ0) is 13.4. The molecule has 0 radical (unpaired) electrons. The first-order valence-electron chi connectivity index (χ1n) is 6.76. The summed E-state index contributed by atoms with van der Waals surface area (Å²) < 4.78 is 12.1. The molecule has 0 saturated carbocycles. The van der Waals surface area contributed by atoms with Crippen LogP contribution in [0.15, 0.2) is 24.3 Å². The summed E-state index contributed by atoms with van der Waals surface area (Å²) in [5.41, 5.74) is 0. The van der Waals surface area contributed by atoms with Crippen LogP contribution < -0.4 is 5.19 Å². The van der Waals surface area contributed by atoms with Crippen molar-refractivity contribution in [2.24, 2.45) is 0 Å². The highest BCUT2D eigenvalue weighted by Gasteiger charge is 2.40. The number of benzene rings is 1. The molecule has 0 fully saturated rings. The quantitative estimate of drug-likeness (QED) is 0.737. The van der Waals surface area contributed by atoms with E-state index in [-0.39, 0.29) is 0 Å². The van der Waals surface area contributed by atoms with Gasteiger partial charge in [0.2, 0.25) is 0 Å². The van der Waals surface area contributed by atoms with Gasteiger partial charge in [0.1, 0.15) is 5.75 Å². The van der Waals surface area contributed by atoms with Crippen molar-refractivity contribution in [3.8, 4) is 5.75 Å². The van der Waals surface area contributed by atoms with E-state index >= 15 is 0 Å². The van der Waals surface area contributed by atoms with E-state index in [1.807, 2.05) is 18.2 Å². The second-order valence-corrected chi connectivity index (χ2v) is 7.65. The van der Waals surface area contributed by atoms with Crippen molar-refractivity contribution in [1.82, 2.24) is 0 Å². The highest BCUT2D eigenvalue weighted by Crippen LogP contribution is 2.20. The molecule has 1 aromatic carbocycles. The van der Waals surface area contributed by atoms with Crippen LogP contribution in [0.1, 0.15) is 33.6 Å². The van der Waals surface area contributed by atoms with Gasteiger partial charge in [-0.15, -0.1) is 0 Å². The van der Waals surface area contributed by atoms with E-state index in [1.54, 1.807) is 6.07 Å². The van der Waals surface area contributed by atoms with Crippen molar-refractivity contribution in [2.45, 2.75) is 39.7 Å². The van der Waals surface area contributed by atoms with Crippen molar-refractivity contribution in [3.05, 3.63) is 24.3 Å². The topological polar surface area (TPSA) is 38.7 Å². The maximum atomic E-state index is 10.1. The number of hydrogen-bond donors (Lipinski definition) is 1. The molecule has 0 unspecified atom stereocenters. The molecule has 0 atom stereocenters. The van der Waals surface area contributed by atoms with Gasteiger partial charge >= 0.3 is 8.56 Å². The van der Waals surface area contributed by atoms with Gasteiger partial charge in [-0.25, -0.2) is 0 Å². The Kier molecular flexibility index (Phi) is 6.39. The molecule has 102 valence electrons. The molecule has 0 aromatic heterocycles. The fraction of sp³-hybridized carbons (Fsp3) is 0.571. The Morgan fingerprint density at radius 1 is 1.00 bits per heavy atom. The first-order chi connectivity index (χ1) is 8.70. The number of hydrogen-bond acceptors (Lipinski definition) is 3. The lowest BCUT2D eigenvalue weighted by atomic mass is 10.3. The van der Waals surface area contributed by atoms with Gasteiger partial charge < -0.3 is 14.0 Å². The summed E-state index contributed by atoms with van der Waals surface area (Å²) in [5, 5.41) is 10.9. The lowest BCUT2D eigenvalue weighted by molar-refractivity contribution is 0.180. The van der Waals surface area contributed by atoms with Gasteiger partial charge in [-0.1, -0.05) is 39.0 Å². The standard InChI is InChI=1S/C14H24O3Si/c1-4-11-16-18(6-3,17-12-5-2)14-10-8-7-9-13(14)15/h7-10,15H,4-6,11-12H2,1-3H3. The van der Waals surface area contributed by atoms with E-state index in [4.69, 9.17) is 8.85 Å². The monoisotopic (exact) mass is 268 g/mol. The van der Waals surface area contributed by atoms with E-state index in [0.29, 0.717) is 19.0 Å². The lowest BCUT2D eigenvalue weighted by Crippen LogP contribution is -2.53. The Balaban J connectivity index is 3.04. The van der Waals surface area contributed by atoms with Crippen LogP contribution in [0.5, 0.6) is 5.75 Å². The first-order valence-corrected chi connectivity index (χ1v) is 8.79. The van der Waals surface area contributed by atoms with Crippen molar-refractivity contribution in [2.75, 3.05) is 13.2 Å². The minimum atomic E-state index is -2.48. The van der Waals surface area contributed by atoms with Crippen LogP contribution in [-0.4, -0.2) is 26.9 Å². The van der Waals surface area contributed by atoms with Gasteiger partial charge in [0.25, 0.3) is 0 Å². The fourth-order valence-corrected chi connectivity index (χ4v) is 5.00. The van der Waals surface area contributed by atoms with Crippen molar-refractivity contribution >= 4 is 13.7 Å². The van der Waals surface area contributed by atoms with E-state index in [2.05, 4.69) is 20.8 Å². The Morgan fingerprint density at radius 3 is 2.00 bits per heavy atom. The summed E-state index contributed by atoms with van der Waals surface area (Å²) in [6, 6.07) is 8.20. The first kappa shape index (κ1) is 15.2. The van der Waals surface area contributed by atoms with Gasteiger partial charge in [0.15, 0.2) is 0 Å². The third-order valence-electron chi connectivity index (χ3n) is 2.86. The van der Waals surface area contributed by atoms with Crippen molar-refractivity contribution < 1.29 is 14.0 Å². The minimum absolute atomic E-state index is 0.290. The van der Waals surface area contributed by atoms with E-state index in [1.165, 1.54) is 0 Å². The van der Waals surface area contributed by atoms with Crippen LogP contribution in [-0.2, 0) is 8.85 Å². The SMILES string of the molecule is CCCO[Si](CC)(OCCC)c1ccccc1O. The second-order valence-electron chi connectivity index (χ2n) is 4.32. The summed E-state index contributed by atoms with van der Waals surface area (Å²) in [7, 11) is -2.48. The molecule has 0 aliphatic carbocycles. The molecule has 0 amide bonds. The maximum Gasteiger partial charge on any atom is 0.376 e. The Labute approximate surface area is 111 Å². The Bertz CT molecular complexity index is 347. The highest BCUT2D eigenvalue weighted by molar-refractivity contribution is 6.81. The van der Waals surface area contributed by atoms with Crippen LogP contribution in [0.25, 0.3) is 0 Å². The predicted molar refractivity (Wildman–Crippen MR) is 76.5 cm³/mol. The lowest BCUT2D eigenvalue weighted by Gasteiger charge is -2.30. The fourth-order valence-electron chi connectivity index (χ4n) is 1.92. The molecule has 0 bridgehead atoms. The summed E-state index contributed by atoms with van der Waals surface area (Å²) in [6.45, 7) is 7.60. The average Bonchev–Trinajstić information content (AvgIpc) is 2.41. The normalized spacial score (nSPS) is 11.7. The molecular formula is C14H24O3Si. The molecule has 18 heavy (non-hydrogen) atoms. The van der Waals surface area contributed by atoms with E-state index < -0.39 is 8.56 Å². The largest absolute Gasteiger partial charge is 0.508 e. The minimum Gasteiger partial charge on any atom is -0.508 e. The summed E-state index contributed by atoms with van der Waals surface area (Å²) >= 11 is 0. The summed E-state index contributed by atoms with van der Waals surface area (Å²) in [6.07, 6.45) is 1.91. The molecule has 1 rings (SSSR count). The van der Waals surface area contributed by atoms with Crippen molar-refractivity contribution in [3.63, 3.8) is 0 Å². The highest BCUT2D eigenvalue weighted by atomic mass is 28.4. The molecule has 0 saturated heterocycles. The van der Waals surface area contributed by atoms with Gasteiger partial charge in [-0.2, -0.15) is 0 Å². The molecule has 0 heterocycles. The smallest absolute Gasteiger partial charge is 0.376 e. The zero-order valence-electron chi connectivity index (χ0n) is 11.6. The number of phenols is 1. The molecule has 0 aliphatic heterocycles. The summed E-state index contributed by atoms with van der Waals surface area (Å²) in [4.78, 5) is 0. The van der Waals surface area contributed by atoms with E-state index in [9.17, 15) is 5.11 Å². The van der Waals surface area contributed by atoms with Gasteiger partial charge in [0, 0.05) is 18.4 Å². The van der Waals surface area contributed by atoms with Crippen LogP contribution in [0.2, 0.25) is 6.04 Å². The van der Waals surface area contributed by atoms with Crippen molar-refractivity contribution in [1.29, 1.82) is 0 Å². The van der Waals surface area contributed by atoms with Gasteiger partial charge in [-0.3, -0.25) is 0 Å². The maximum absolute atomic E-state index is 10.1. The molecule has 3 nitrogen and oxygen atoms in total. The molecule has 4 heteroatoms. The van der Waals surface area contributed by atoms with Gasteiger partial charge in [-0.05, 0) is 25.0 Å². The Morgan fingerprint density at radius 2 is 1.56 bits per heavy atom. The molecule has 0 aliphatic rings. The number of rotatable bonds is 8. The van der Waals surface area contributed by atoms with Crippen LogP contribution in [0.3, 0.4) is 0 Å². The van der Waals surface area contributed by atoms with Gasteiger partial charge in [0.05, 0.1) is 0 Å². The second kappa shape index (κ2) is 7.56. The molecule has 1 aromatic rings. The predicted octanol–water partition coefficient (Wildman–Crippen LogP) is 2.91.